The van der Waals surface area contributed by atoms with Crippen molar-refractivity contribution in [2.75, 3.05) is 19.6 Å². The number of nitrogens with zero attached hydrogens (tertiary/aromatic N) is 1. The summed E-state index contributed by atoms with van der Waals surface area (Å²) in [6, 6.07) is 0.663. The van der Waals surface area contributed by atoms with E-state index in [-0.39, 0.29) is 0 Å². The number of nitrogens with one attached hydrogen (secondary N) is 1. The number of likely N-dealkylation sites (tertiary alicyclic amines) is 1. The molecule has 108 valence electrons. The van der Waals surface area contributed by atoms with Gasteiger partial charge in [0, 0.05) is 25.0 Å². The van der Waals surface area contributed by atoms with E-state index in [1.807, 2.05) is 0 Å². The van der Waals surface area contributed by atoms with Crippen molar-refractivity contribution in [2.45, 2.75) is 63.8 Å². The summed E-state index contributed by atoms with van der Waals surface area (Å²) in [6.45, 7) is 3.18. The second kappa shape index (κ2) is 6.25. The largest absolute Gasteiger partial charge is 0.342 e. The highest BCUT2D eigenvalue weighted by Crippen LogP contribution is 2.29. The van der Waals surface area contributed by atoms with Gasteiger partial charge >= 0.3 is 0 Å². The Morgan fingerprint density at radius 2 is 1.63 bits per heavy atom. The zero-order chi connectivity index (χ0) is 13.1. The SMILES string of the molecule is O=C(C1CCCCC1)N1CCC(NCC2CC2)CC1. The van der Waals surface area contributed by atoms with Crippen molar-refractivity contribution >= 4 is 5.91 Å². The van der Waals surface area contributed by atoms with Gasteiger partial charge in [0.15, 0.2) is 0 Å². The molecule has 1 aliphatic heterocycles. The monoisotopic (exact) mass is 264 g/mol. The van der Waals surface area contributed by atoms with Gasteiger partial charge in [0.25, 0.3) is 0 Å². The number of carbonyl (C=O) groups excluding carboxylic acids is 1. The third kappa shape index (κ3) is 3.71. The minimum Gasteiger partial charge on any atom is -0.342 e. The third-order valence-electron chi connectivity index (χ3n) is 5.15. The summed E-state index contributed by atoms with van der Waals surface area (Å²) in [6.07, 6.45) is 11.3. The predicted octanol–water partition coefficient (Wildman–Crippen LogP) is 2.56. The topological polar surface area (TPSA) is 32.3 Å². The molecule has 3 heteroatoms. The Hall–Kier alpha value is -0.570. The molecule has 3 rings (SSSR count). The van der Waals surface area contributed by atoms with Crippen molar-refractivity contribution in [1.29, 1.82) is 0 Å². The number of rotatable bonds is 4. The van der Waals surface area contributed by atoms with Gasteiger partial charge in [0.2, 0.25) is 5.91 Å². The minimum absolute atomic E-state index is 0.352. The molecule has 0 aromatic rings. The standard InChI is InChI=1S/C16H28N2O/c19-16(14-4-2-1-3-5-14)18-10-8-15(9-11-18)17-12-13-6-7-13/h13-15,17H,1-12H2. The molecule has 1 N–H and O–H groups in total. The molecular formula is C16H28N2O. The van der Waals surface area contributed by atoms with E-state index >= 15 is 0 Å². The highest BCUT2D eigenvalue weighted by atomic mass is 16.2. The molecule has 0 unspecified atom stereocenters. The molecule has 2 saturated carbocycles. The van der Waals surface area contributed by atoms with Crippen molar-refractivity contribution in [3.05, 3.63) is 0 Å². The van der Waals surface area contributed by atoms with E-state index in [9.17, 15) is 4.79 Å². The third-order valence-corrected chi connectivity index (χ3v) is 5.15. The van der Waals surface area contributed by atoms with E-state index < -0.39 is 0 Å². The van der Waals surface area contributed by atoms with Gasteiger partial charge in [-0.25, -0.2) is 0 Å². The Morgan fingerprint density at radius 3 is 2.26 bits per heavy atom. The second-order valence-electron chi connectivity index (χ2n) is 6.79. The summed E-state index contributed by atoms with van der Waals surface area (Å²) in [5.74, 6) is 1.77. The Bertz CT molecular complexity index is 300. The fourth-order valence-electron chi connectivity index (χ4n) is 3.57. The lowest BCUT2D eigenvalue weighted by Crippen LogP contribution is -2.47. The molecule has 1 heterocycles. The molecule has 0 radical (unpaired) electrons. The molecule has 2 aliphatic carbocycles. The van der Waals surface area contributed by atoms with Crippen molar-refractivity contribution in [2.24, 2.45) is 11.8 Å². The molecule has 0 spiro atoms. The van der Waals surface area contributed by atoms with Gasteiger partial charge in [-0.2, -0.15) is 0 Å². The van der Waals surface area contributed by atoms with Crippen molar-refractivity contribution in [3.63, 3.8) is 0 Å². The average Bonchev–Trinajstić information content (AvgIpc) is 3.30. The zero-order valence-corrected chi connectivity index (χ0v) is 12.1. The van der Waals surface area contributed by atoms with Gasteiger partial charge in [-0.3, -0.25) is 4.79 Å². The number of amides is 1. The normalized spacial score (nSPS) is 26.6. The van der Waals surface area contributed by atoms with Gasteiger partial charge in [0.05, 0.1) is 0 Å². The van der Waals surface area contributed by atoms with Gasteiger partial charge in [-0.1, -0.05) is 19.3 Å². The number of carbonyl (C=O) groups is 1. The van der Waals surface area contributed by atoms with Crippen LogP contribution in [0.25, 0.3) is 0 Å². The first-order valence-corrected chi connectivity index (χ1v) is 8.35. The minimum atomic E-state index is 0.352. The van der Waals surface area contributed by atoms with E-state index in [1.165, 1.54) is 38.6 Å². The Morgan fingerprint density at radius 1 is 0.947 bits per heavy atom. The van der Waals surface area contributed by atoms with Crippen LogP contribution in [0.2, 0.25) is 0 Å². The fourth-order valence-corrected chi connectivity index (χ4v) is 3.57. The van der Waals surface area contributed by atoms with Crippen LogP contribution in [0.5, 0.6) is 0 Å². The van der Waals surface area contributed by atoms with Crippen molar-refractivity contribution < 1.29 is 4.79 Å². The van der Waals surface area contributed by atoms with E-state index in [0.29, 0.717) is 17.9 Å². The lowest BCUT2D eigenvalue weighted by molar-refractivity contribution is -0.137. The number of hydrogen-bond donors (Lipinski definition) is 1. The summed E-state index contributed by atoms with van der Waals surface area (Å²) >= 11 is 0. The van der Waals surface area contributed by atoms with Crippen LogP contribution in [0.1, 0.15) is 57.8 Å². The molecular weight excluding hydrogens is 236 g/mol. The molecule has 1 saturated heterocycles. The average molecular weight is 264 g/mol. The van der Waals surface area contributed by atoms with Gasteiger partial charge in [0.1, 0.15) is 0 Å². The van der Waals surface area contributed by atoms with Crippen LogP contribution in [0.4, 0.5) is 0 Å². The fraction of sp³-hybridized carbons (Fsp3) is 0.938. The highest BCUT2D eigenvalue weighted by molar-refractivity contribution is 5.79. The number of hydrogen-bond acceptors (Lipinski definition) is 2. The molecule has 0 aromatic heterocycles. The Kier molecular flexibility index (Phi) is 4.42. The first-order chi connectivity index (χ1) is 9.33. The summed E-state index contributed by atoms with van der Waals surface area (Å²) < 4.78 is 0. The smallest absolute Gasteiger partial charge is 0.225 e. The maximum atomic E-state index is 12.4. The second-order valence-corrected chi connectivity index (χ2v) is 6.79. The first kappa shape index (κ1) is 13.4. The summed E-state index contributed by atoms with van der Waals surface area (Å²) in [7, 11) is 0. The van der Waals surface area contributed by atoms with Crippen LogP contribution in [0.15, 0.2) is 0 Å². The van der Waals surface area contributed by atoms with Crippen molar-refractivity contribution in [1.82, 2.24) is 10.2 Å². The van der Waals surface area contributed by atoms with Crippen LogP contribution in [-0.2, 0) is 4.79 Å². The van der Waals surface area contributed by atoms with Gasteiger partial charge in [-0.05, 0) is 51.0 Å². The quantitative estimate of drug-likeness (QED) is 0.846. The van der Waals surface area contributed by atoms with Gasteiger partial charge in [-0.15, -0.1) is 0 Å². The lowest BCUT2D eigenvalue weighted by Gasteiger charge is -2.35. The van der Waals surface area contributed by atoms with Crippen LogP contribution in [0, 0.1) is 11.8 Å². The molecule has 0 aromatic carbocycles. The summed E-state index contributed by atoms with van der Waals surface area (Å²) in [5.41, 5.74) is 0. The van der Waals surface area contributed by atoms with Crippen molar-refractivity contribution in [3.8, 4) is 0 Å². The molecule has 3 nitrogen and oxygen atoms in total. The molecule has 0 bridgehead atoms. The van der Waals surface area contributed by atoms with E-state index in [1.54, 1.807) is 0 Å². The molecule has 0 atom stereocenters. The zero-order valence-electron chi connectivity index (χ0n) is 12.1. The summed E-state index contributed by atoms with van der Waals surface area (Å²) in [5, 5.41) is 3.68. The maximum absolute atomic E-state index is 12.4. The maximum Gasteiger partial charge on any atom is 0.225 e. The van der Waals surface area contributed by atoms with Crippen LogP contribution < -0.4 is 5.32 Å². The molecule has 3 fully saturated rings. The number of piperidine rings is 1. The Balaban J connectivity index is 1.39. The Labute approximate surface area is 117 Å². The summed E-state index contributed by atoms with van der Waals surface area (Å²) in [4.78, 5) is 14.6. The molecule has 19 heavy (non-hydrogen) atoms. The van der Waals surface area contributed by atoms with E-state index in [0.717, 1.165) is 44.7 Å². The lowest BCUT2D eigenvalue weighted by atomic mass is 9.87. The van der Waals surface area contributed by atoms with Gasteiger partial charge < -0.3 is 10.2 Å². The molecule has 3 aliphatic rings. The first-order valence-electron chi connectivity index (χ1n) is 8.35. The van der Waals surface area contributed by atoms with Crippen LogP contribution in [0.3, 0.4) is 0 Å². The highest BCUT2D eigenvalue weighted by Gasteiger charge is 2.29. The van der Waals surface area contributed by atoms with E-state index in [4.69, 9.17) is 0 Å². The molecule has 1 amide bonds. The van der Waals surface area contributed by atoms with E-state index in [2.05, 4.69) is 10.2 Å². The predicted molar refractivity (Wildman–Crippen MR) is 76.9 cm³/mol. The van der Waals surface area contributed by atoms with Crippen LogP contribution in [-0.4, -0.2) is 36.5 Å². The van der Waals surface area contributed by atoms with Crippen LogP contribution >= 0.6 is 0 Å².